The maximum absolute atomic E-state index is 5.78. The molecule has 2 aromatic heterocycles. The van der Waals surface area contributed by atoms with Gasteiger partial charge in [0.05, 0.1) is 0 Å². The van der Waals surface area contributed by atoms with E-state index in [1.165, 1.54) is 0 Å². The summed E-state index contributed by atoms with van der Waals surface area (Å²) in [5.74, 6) is 1.42. The Hall–Kier alpha value is -1.36. The molecule has 0 radical (unpaired) electrons. The van der Waals surface area contributed by atoms with E-state index in [0.29, 0.717) is 5.88 Å². The van der Waals surface area contributed by atoms with Crippen molar-refractivity contribution >= 4 is 23.1 Å². The average Bonchev–Trinajstić information content (AvgIpc) is 2.74. The van der Waals surface area contributed by atoms with Gasteiger partial charge >= 0.3 is 0 Å². The number of rotatable bonds is 5. The van der Waals surface area contributed by atoms with Gasteiger partial charge < -0.3 is 5.32 Å². The summed E-state index contributed by atoms with van der Waals surface area (Å²) < 4.78 is 1.84. The highest BCUT2D eigenvalue weighted by atomic mass is 35.5. The third kappa shape index (κ3) is 2.85. The number of nitrogens with one attached hydrogen (secondary N) is 1. The molecule has 0 atom stereocenters. The number of anilines is 1. The van der Waals surface area contributed by atoms with E-state index >= 15 is 0 Å². The Labute approximate surface area is 105 Å². The zero-order valence-electron chi connectivity index (χ0n) is 10.0. The van der Waals surface area contributed by atoms with Crippen LogP contribution in [0.15, 0.2) is 18.7 Å². The van der Waals surface area contributed by atoms with Crippen molar-refractivity contribution in [3.8, 4) is 0 Å². The number of aromatic nitrogens is 4. The largest absolute Gasteiger partial charge is 0.366 e. The highest BCUT2D eigenvalue weighted by molar-refractivity contribution is 6.17. The van der Waals surface area contributed by atoms with Crippen LogP contribution in [0.25, 0.3) is 5.65 Å². The Morgan fingerprint density at radius 2 is 2.29 bits per heavy atom. The van der Waals surface area contributed by atoms with Gasteiger partial charge in [-0.25, -0.2) is 4.98 Å². The molecule has 0 aliphatic carbocycles. The van der Waals surface area contributed by atoms with Gasteiger partial charge in [-0.1, -0.05) is 13.8 Å². The van der Waals surface area contributed by atoms with Gasteiger partial charge in [0.2, 0.25) is 5.65 Å². The molecule has 17 heavy (non-hydrogen) atoms. The van der Waals surface area contributed by atoms with Gasteiger partial charge in [-0.2, -0.15) is 0 Å². The molecule has 0 fully saturated rings. The highest BCUT2D eigenvalue weighted by Gasteiger charge is 2.17. The predicted octanol–water partition coefficient (Wildman–Crippen LogP) is 2.19. The lowest BCUT2D eigenvalue weighted by molar-refractivity contribution is 0.379. The molecule has 0 aliphatic rings. The van der Waals surface area contributed by atoms with Crippen LogP contribution in [-0.2, 0) is 0 Å². The van der Waals surface area contributed by atoms with Crippen LogP contribution in [-0.4, -0.2) is 32.0 Å². The minimum Gasteiger partial charge on any atom is -0.366 e. The van der Waals surface area contributed by atoms with Gasteiger partial charge in [0.15, 0.2) is 5.82 Å². The normalized spacial score (nSPS) is 11.9. The lowest BCUT2D eigenvalue weighted by Gasteiger charge is -2.24. The maximum atomic E-state index is 5.78. The van der Waals surface area contributed by atoms with Crippen molar-refractivity contribution in [2.75, 3.05) is 17.7 Å². The minimum absolute atomic E-state index is 0.135. The molecule has 2 rings (SSSR count). The molecule has 0 spiro atoms. The molecule has 0 aromatic carbocycles. The van der Waals surface area contributed by atoms with Crippen LogP contribution in [0, 0.1) is 5.41 Å². The first-order valence-electron chi connectivity index (χ1n) is 5.56. The van der Waals surface area contributed by atoms with Crippen molar-refractivity contribution in [3.05, 3.63) is 18.7 Å². The first kappa shape index (κ1) is 12.1. The first-order valence-corrected chi connectivity index (χ1v) is 6.10. The second-order valence-electron chi connectivity index (χ2n) is 4.79. The number of hydrogen-bond donors (Lipinski definition) is 1. The molecular formula is C11H16ClN5. The van der Waals surface area contributed by atoms with Crippen molar-refractivity contribution in [1.82, 2.24) is 19.6 Å². The summed E-state index contributed by atoms with van der Waals surface area (Å²) in [6.07, 6.45) is 6.17. The fraction of sp³-hybridized carbons (Fsp3) is 0.545. The van der Waals surface area contributed by atoms with Crippen LogP contribution < -0.4 is 5.32 Å². The van der Waals surface area contributed by atoms with E-state index in [4.69, 9.17) is 11.6 Å². The number of nitrogens with zero attached hydrogens (tertiary/aromatic N) is 4. The van der Waals surface area contributed by atoms with E-state index < -0.39 is 0 Å². The number of fused-ring (bicyclic) bond motifs is 1. The standard InChI is InChI=1S/C11H16ClN5/c1-11(2,3-4-12)7-14-9-10-16-15-8-17(10)6-5-13-9/h5-6,8H,3-4,7H2,1-2H3,(H,13,14). The molecule has 0 amide bonds. The summed E-state index contributed by atoms with van der Waals surface area (Å²) in [6, 6.07) is 0. The van der Waals surface area contributed by atoms with Crippen molar-refractivity contribution in [2.45, 2.75) is 20.3 Å². The van der Waals surface area contributed by atoms with E-state index in [9.17, 15) is 0 Å². The second-order valence-corrected chi connectivity index (χ2v) is 5.17. The molecule has 6 heteroatoms. The van der Waals surface area contributed by atoms with Crippen molar-refractivity contribution in [3.63, 3.8) is 0 Å². The minimum atomic E-state index is 0.135. The van der Waals surface area contributed by atoms with Gasteiger partial charge in [0.1, 0.15) is 6.33 Å². The quantitative estimate of drug-likeness (QED) is 0.830. The zero-order valence-corrected chi connectivity index (χ0v) is 10.8. The van der Waals surface area contributed by atoms with Crippen LogP contribution in [0.2, 0.25) is 0 Å². The van der Waals surface area contributed by atoms with Crippen molar-refractivity contribution in [1.29, 1.82) is 0 Å². The fourth-order valence-electron chi connectivity index (χ4n) is 1.55. The molecule has 2 aromatic rings. The summed E-state index contributed by atoms with van der Waals surface area (Å²) >= 11 is 5.78. The van der Waals surface area contributed by atoms with Crippen LogP contribution in [0.4, 0.5) is 5.82 Å². The summed E-state index contributed by atoms with van der Waals surface area (Å²) in [4.78, 5) is 4.27. The third-order valence-corrected chi connectivity index (χ3v) is 2.91. The lowest BCUT2D eigenvalue weighted by atomic mass is 9.90. The molecule has 2 heterocycles. The number of halogens is 1. The molecule has 0 saturated heterocycles. The Kier molecular flexibility index (Phi) is 3.47. The Balaban J connectivity index is 2.11. The van der Waals surface area contributed by atoms with Crippen LogP contribution in [0.5, 0.6) is 0 Å². The molecule has 0 bridgehead atoms. The van der Waals surface area contributed by atoms with Crippen LogP contribution in [0.3, 0.4) is 0 Å². The lowest BCUT2D eigenvalue weighted by Crippen LogP contribution is -2.24. The van der Waals surface area contributed by atoms with Gasteiger partial charge in [0.25, 0.3) is 0 Å². The topological polar surface area (TPSA) is 55.1 Å². The Morgan fingerprint density at radius 1 is 1.47 bits per heavy atom. The molecule has 0 saturated carbocycles. The van der Waals surface area contributed by atoms with Gasteiger partial charge in [-0.15, -0.1) is 21.8 Å². The molecule has 92 valence electrons. The van der Waals surface area contributed by atoms with Crippen molar-refractivity contribution in [2.24, 2.45) is 5.41 Å². The summed E-state index contributed by atoms with van der Waals surface area (Å²) in [7, 11) is 0. The molecule has 5 nitrogen and oxygen atoms in total. The average molecular weight is 254 g/mol. The van der Waals surface area contributed by atoms with Crippen molar-refractivity contribution < 1.29 is 0 Å². The molecule has 0 unspecified atom stereocenters. The van der Waals surface area contributed by atoms with Crippen LogP contribution >= 0.6 is 11.6 Å². The van der Waals surface area contributed by atoms with Gasteiger partial charge in [-0.05, 0) is 11.8 Å². The Bertz CT molecular complexity index is 493. The number of alkyl halides is 1. The molecule has 0 aliphatic heterocycles. The first-order chi connectivity index (χ1) is 8.12. The summed E-state index contributed by atoms with van der Waals surface area (Å²) in [5, 5.41) is 11.2. The molecular weight excluding hydrogens is 238 g/mol. The van der Waals surface area contributed by atoms with E-state index in [1.807, 2.05) is 10.6 Å². The monoisotopic (exact) mass is 253 g/mol. The predicted molar refractivity (Wildman–Crippen MR) is 68.4 cm³/mol. The van der Waals surface area contributed by atoms with E-state index in [-0.39, 0.29) is 5.41 Å². The summed E-state index contributed by atoms with van der Waals surface area (Å²) in [5.41, 5.74) is 0.880. The zero-order chi connectivity index (χ0) is 12.3. The van der Waals surface area contributed by atoms with Crippen LogP contribution in [0.1, 0.15) is 20.3 Å². The number of hydrogen-bond acceptors (Lipinski definition) is 4. The maximum Gasteiger partial charge on any atom is 0.203 e. The summed E-state index contributed by atoms with van der Waals surface area (Å²) in [6.45, 7) is 5.15. The third-order valence-electron chi connectivity index (χ3n) is 2.72. The van der Waals surface area contributed by atoms with Gasteiger partial charge in [-0.3, -0.25) is 4.40 Å². The van der Waals surface area contributed by atoms with Gasteiger partial charge in [0, 0.05) is 24.8 Å². The molecule has 1 N–H and O–H groups in total. The van der Waals surface area contributed by atoms with E-state index in [2.05, 4.69) is 34.3 Å². The van der Waals surface area contributed by atoms with E-state index in [0.717, 1.165) is 24.4 Å². The SMILES string of the molecule is CC(C)(CCCl)CNc1nccn2cnnc12. The van der Waals surface area contributed by atoms with E-state index in [1.54, 1.807) is 12.5 Å². The highest BCUT2D eigenvalue weighted by Crippen LogP contribution is 2.22. The fourth-order valence-corrected chi connectivity index (χ4v) is 2.06. The second kappa shape index (κ2) is 4.87. The Morgan fingerprint density at radius 3 is 3.06 bits per heavy atom. The smallest absolute Gasteiger partial charge is 0.203 e.